The molecule has 0 heterocycles. The molecular weight excluding hydrogens is 348 g/mol. The van der Waals surface area contributed by atoms with Crippen molar-refractivity contribution in [3.05, 3.63) is 29.8 Å². The molecule has 1 aliphatic rings. The SMILES string of the molecule is COc1cc(/C=C/C(=O)O[C@H]2C[C@@](O)(C(=O)O)C[C@H](O)[C@@H]2O)ccc1O. The minimum atomic E-state index is -2.29. The summed E-state index contributed by atoms with van der Waals surface area (Å²) >= 11 is 0. The van der Waals surface area contributed by atoms with Gasteiger partial charge >= 0.3 is 11.9 Å². The molecule has 1 aromatic carbocycles. The highest BCUT2D eigenvalue weighted by atomic mass is 16.6. The molecule has 2 rings (SSSR count). The number of hydrogen-bond acceptors (Lipinski definition) is 8. The van der Waals surface area contributed by atoms with Gasteiger partial charge in [-0.25, -0.2) is 9.59 Å². The van der Waals surface area contributed by atoms with Crippen molar-refractivity contribution in [2.75, 3.05) is 7.11 Å². The van der Waals surface area contributed by atoms with E-state index in [0.717, 1.165) is 6.08 Å². The van der Waals surface area contributed by atoms with Gasteiger partial charge in [-0.15, -0.1) is 0 Å². The monoisotopic (exact) mass is 368 g/mol. The second kappa shape index (κ2) is 7.73. The zero-order chi connectivity index (χ0) is 19.5. The minimum absolute atomic E-state index is 0.0699. The van der Waals surface area contributed by atoms with E-state index in [1.165, 1.54) is 31.4 Å². The number of benzene rings is 1. The average Bonchev–Trinajstić information content (AvgIpc) is 2.58. The van der Waals surface area contributed by atoms with Crippen molar-refractivity contribution < 1.29 is 44.6 Å². The number of carboxylic acids is 1. The third kappa shape index (κ3) is 4.31. The highest BCUT2D eigenvalue weighted by molar-refractivity contribution is 5.87. The van der Waals surface area contributed by atoms with Gasteiger partial charge in [-0.3, -0.25) is 0 Å². The molecule has 0 saturated heterocycles. The number of phenols is 1. The molecule has 1 aliphatic carbocycles. The van der Waals surface area contributed by atoms with Crippen LogP contribution in [0.15, 0.2) is 24.3 Å². The zero-order valence-corrected chi connectivity index (χ0v) is 13.9. The first-order valence-corrected chi connectivity index (χ1v) is 7.74. The molecule has 0 aromatic heterocycles. The van der Waals surface area contributed by atoms with Crippen molar-refractivity contribution in [2.24, 2.45) is 0 Å². The average molecular weight is 368 g/mol. The molecule has 0 aliphatic heterocycles. The molecule has 9 nitrogen and oxygen atoms in total. The number of methoxy groups -OCH3 is 1. The lowest BCUT2D eigenvalue weighted by molar-refractivity contribution is -0.196. The highest BCUT2D eigenvalue weighted by Gasteiger charge is 2.50. The van der Waals surface area contributed by atoms with Crippen LogP contribution in [0, 0.1) is 0 Å². The van der Waals surface area contributed by atoms with Gasteiger partial charge in [0.25, 0.3) is 0 Å². The molecule has 5 N–H and O–H groups in total. The number of phenolic OH excluding ortho intramolecular Hbond substituents is 1. The van der Waals surface area contributed by atoms with Crippen molar-refractivity contribution in [1.82, 2.24) is 0 Å². The lowest BCUT2D eigenvalue weighted by atomic mass is 9.79. The van der Waals surface area contributed by atoms with Crippen LogP contribution in [-0.4, -0.2) is 68.5 Å². The van der Waals surface area contributed by atoms with E-state index in [1.807, 2.05) is 0 Å². The number of carbonyl (C=O) groups is 2. The van der Waals surface area contributed by atoms with Crippen molar-refractivity contribution >= 4 is 18.0 Å². The van der Waals surface area contributed by atoms with E-state index in [1.54, 1.807) is 0 Å². The number of ether oxygens (including phenoxy) is 2. The van der Waals surface area contributed by atoms with Crippen molar-refractivity contribution in [1.29, 1.82) is 0 Å². The smallest absolute Gasteiger partial charge is 0.335 e. The maximum atomic E-state index is 11.9. The molecule has 1 aromatic rings. The van der Waals surface area contributed by atoms with E-state index in [9.17, 15) is 30.0 Å². The van der Waals surface area contributed by atoms with Gasteiger partial charge < -0.3 is 35.0 Å². The Morgan fingerprint density at radius 1 is 1.27 bits per heavy atom. The van der Waals surface area contributed by atoms with Gasteiger partial charge in [0.1, 0.15) is 12.2 Å². The second-order valence-corrected chi connectivity index (χ2v) is 6.04. The number of hydrogen-bond donors (Lipinski definition) is 5. The summed E-state index contributed by atoms with van der Waals surface area (Å²) in [5.74, 6) is -2.34. The Labute approximate surface area is 148 Å². The molecule has 4 atom stereocenters. The molecule has 9 heteroatoms. The van der Waals surface area contributed by atoms with E-state index in [2.05, 4.69) is 0 Å². The molecule has 0 bridgehead atoms. The Morgan fingerprint density at radius 3 is 2.58 bits per heavy atom. The van der Waals surface area contributed by atoms with E-state index in [0.29, 0.717) is 5.56 Å². The topological polar surface area (TPSA) is 154 Å². The van der Waals surface area contributed by atoms with E-state index in [-0.39, 0.29) is 11.5 Å². The van der Waals surface area contributed by atoms with Crippen molar-refractivity contribution in [3.63, 3.8) is 0 Å². The quantitative estimate of drug-likeness (QED) is 0.347. The van der Waals surface area contributed by atoms with Gasteiger partial charge in [0.05, 0.1) is 13.2 Å². The van der Waals surface area contributed by atoms with Gasteiger partial charge in [0, 0.05) is 18.9 Å². The van der Waals surface area contributed by atoms with Crippen molar-refractivity contribution in [2.45, 2.75) is 36.8 Å². The second-order valence-electron chi connectivity index (χ2n) is 6.04. The molecule has 0 spiro atoms. The van der Waals surface area contributed by atoms with E-state index < -0.39 is 48.7 Å². The highest BCUT2D eigenvalue weighted by Crippen LogP contribution is 2.31. The fourth-order valence-electron chi connectivity index (χ4n) is 2.69. The zero-order valence-electron chi connectivity index (χ0n) is 13.9. The molecule has 26 heavy (non-hydrogen) atoms. The first-order chi connectivity index (χ1) is 12.2. The van der Waals surface area contributed by atoms with Crippen molar-refractivity contribution in [3.8, 4) is 11.5 Å². The van der Waals surface area contributed by atoms with Crippen LogP contribution in [-0.2, 0) is 14.3 Å². The van der Waals surface area contributed by atoms with Crippen LogP contribution < -0.4 is 4.74 Å². The number of carbonyl (C=O) groups excluding carboxylic acids is 1. The number of carboxylic acid groups (broad SMARTS) is 1. The Balaban J connectivity index is 2.07. The third-order valence-corrected chi connectivity index (χ3v) is 4.14. The Kier molecular flexibility index (Phi) is 5.86. The molecule has 1 fully saturated rings. The van der Waals surface area contributed by atoms with Gasteiger partial charge in [-0.2, -0.15) is 0 Å². The molecule has 0 radical (unpaired) electrons. The van der Waals surface area contributed by atoms with Gasteiger partial charge in [-0.1, -0.05) is 6.07 Å². The summed E-state index contributed by atoms with van der Waals surface area (Å²) < 4.78 is 9.92. The summed E-state index contributed by atoms with van der Waals surface area (Å²) in [4.78, 5) is 23.1. The van der Waals surface area contributed by atoms with Crippen LogP contribution in [0.1, 0.15) is 18.4 Å². The van der Waals surface area contributed by atoms with Crippen LogP contribution in [0.4, 0.5) is 0 Å². The first kappa shape index (κ1) is 19.7. The number of aliphatic hydroxyl groups excluding tert-OH is 2. The molecule has 0 unspecified atom stereocenters. The maximum Gasteiger partial charge on any atom is 0.335 e. The van der Waals surface area contributed by atoms with Gasteiger partial charge in [-0.05, 0) is 23.8 Å². The normalized spacial score (nSPS) is 28.7. The van der Waals surface area contributed by atoms with E-state index in [4.69, 9.17) is 14.6 Å². The number of aromatic hydroxyl groups is 1. The van der Waals surface area contributed by atoms with Crippen LogP contribution in [0.25, 0.3) is 6.08 Å². The number of aliphatic carboxylic acids is 1. The van der Waals surface area contributed by atoms with Crippen LogP contribution in [0.3, 0.4) is 0 Å². The Bertz CT molecular complexity index is 714. The minimum Gasteiger partial charge on any atom is -0.504 e. The summed E-state index contributed by atoms with van der Waals surface area (Å²) in [5.41, 5.74) is -1.78. The fraction of sp³-hybridized carbons (Fsp3) is 0.412. The van der Waals surface area contributed by atoms with Crippen LogP contribution in [0.5, 0.6) is 11.5 Å². The molecule has 1 saturated carbocycles. The predicted molar refractivity (Wildman–Crippen MR) is 87.4 cm³/mol. The summed E-state index contributed by atoms with van der Waals surface area (Å²) in [6.07, 6.45) is -3.17. The summed E-state index contributed by atoms with van der Waals surface area (Å²) in [6, 6.07) is 4.36. The number of aliphatic hydroxyl groups is 3. The largest absolute Gasteiger partial charge is 0.504 e. The van der Waals surface area contributed by atoms with Crippen LogP contribution >= 0.6 is 0 Å². The standard InChI is InChI=1S/C17H20O9/c1-25-12-6-9(2-4-10(12)18)3-5-14(20)26-13-8-17(24,16(22)23)7-11(19)15(13)21/h2-6,11,13,15,18-19,21,24H,7-8H2,1H3,(H,22,23)/b5-3+/t11-,13-,15-,17+/m0/s1. The summed E-state index contributed by atoms with van der Waals surface area (Å²) in [5, 5.41) is 48.2. The molecule has 142 valence electrons. The lowest BCUT2D eigenvalue weighted by Gasteiger charge is -2.39. The molecular formula is C17H20O9. The molecule has 0 amide bonds. The van der Waals surface area contributed by atoms with Gasteiger partial charge in [0.15, 0.2) is 17.1 Å². The third-order valence-electron chi connectivity index (χ3n) is 4.14. The summed E-state index contributed by atoms with van der Waals surface area (Å²) in [7, 11) is 1.37. The Hall–Kier alpha value is -2.62. The first-order valence-electron chi connectivity index (χ1n) is 7.74. The number of rotatable bonds is 5. The van der Waals surface area contributed by atoms with E-state index >= 15 is 0 Å². The van der Waals surface area contributed by atoms with Gasteiger partial charge in [0.2, 0.25) is 0 Å². The number of esters is 1. The van der Waals surface area contributed by atoms with Crippen LogP contribution in [0.2, 0.25) is 0 Å². The maximum absolute atomic E-state index is 11.9. The summed E-state index contributed by atoms with van der Waals surface area (Å²) in [6.45, 7) is 0. The fourth-order valence-corrected chi connectivity index (χ4v) is 2.69. The Morgan fingerprint density at radius 2 is 1.96 bits per heavy atom. The predicted octanol–water partition coefficient (Wildman–Crippen LogP) is -0.343. The lowest BCUT2D eigenvalue weighted by Crippen LogP contribution is -2.57.